The molecule has 0 aliphatic rings. The number of pyridine rings is 1. The predicted molar refractivity (Wildman–Crippen MR) is 45.6 cm³/mol. The molecular weight excluding hydrogens is 238 g/mol. The first-order chi connectivity index (χ1) is 6.34. The maximum atomic E-state index is 12.2. The van der Waals surface area contributed by atoms with E-state index in [0.29, 0.717) is 0 Å². The number of sulfonamides is 1. The SMILES string of the molecule is NS(=O)(=O)c1nccc(C(F)F)c1Cl. The van der Waals surface area contributed by atoms with Crippen molar-refractivity contribution >= 4 is 21.6 Å². The highest BCUT2D eigenvalue weighted by molar-refractivity contribution is 7.89. The van der Waals surface area contributed by atoms with E-state index in [-0.39, 0.29) is 0 Å². The lowest BCUT2D eigenvalue weighted by molar-refractivity contribution is 0.151. The first-order valence-corrected chi connectivity index (χ1v) is 5.22. The molecule has 0 spiro atoms. The topological polar surface area (TPSA) is 73.1 Å². The van der Waals surface area contributed by atoms with Crippen LogP contribution in [0.3, 0.4) is 0 Å². The summed E-state index contributed by atoms with van der Waals surface area (Å²) in [7, 11) is -4.17. The number of nitrogens with two attached hydrogens (primary N) is 1. The predicted octanol–water partition coefficient (Wildman–Crippen LogP) is 1.32. The largest absolute Gasteiger partial charge is 0.265 e. The summed E-state index contributed by atoms with van der Waals surface area (Å²) < 4.78 is 46.1. The van der Waals surface area contributed by atoms with Crippen LogP contribution in [0.25, 0.3) is 0 Å². The Morgan fingerprint density at radius 1 is 1.50 bits per heavy atom. The molecule has 0 bridgehead atoms. The van der Waals surface area contributed by atoms with E-state index >= 15 is 0 Å². The molecule has 8 heteroatoms. The van der Waals surface area contributed by atoms with Crippen LogP contribution in [-0.2, 0) is 10.0 Å². The lowest BCUT2D eigenvalue weighted by atomic mass is 10.3. The van der Waals surface area contributed by atoms with E-state index in [0.717, 1.165) is 12.3 Å². The molecule has 0 saturated heterocycles. The number of alkyl halides is 2. The molecule has 4 nitrogen and oxygen atoms in total. The van der Waals surface area contributed by atoms with Gasteiger partial charge in [0.1, 0.15) is 0 Å². The first-order valence-electron chi connectivity index (χ1n) is 3.29. The zero-order chi connectivity index (χ0) is 10.9. The van der Waals surface area contributed by atoms with Crippen molar-refractivity contribution in [3.8, 4) is 0 Å². The van der Waals surface area contributed by atoms with E-state index in [1.807, 2.05) is 0 Å². The molecule has 14 heavy (non-hydrogen) atoms. The second-order valence-corrected chi connectivity index (χ2v) is 4.22. The van der Waals surface area contributed by atoms with Crippen LogP contribution in [-0.4, -0.2) is 13.4 Å². The summed E-state index contributed by atoms with van der Waals surface area (Å²) in [5.74, 6) is 0. The minimum Gasteiger partial charge on any atom is -0.242 e. The maximum absolute atomic E-state index is 12.2. The lowest BCUT2D eigenvalue weighted by Gasteiger charge is -2.05. The fraction of sp³-hybridized carbons (Fsp3) is 0.167. The molecule has 1 aromatic rings. The summed E-state index contributed by atoms with van der Waals surface area (Å²) in [6.07, 6.45) is -1.96. The molecule has 0 unspecified atom stereocenters. The van der Waals surface area contributed by atoms with E-state index in [4.69, 9.17) is 16.7 Å². The highest BCUT2D eigenvalue weighted by Gasteiger charge is 2.21. The van der Waals surface area contributed by atoms with Gasteiger partial charge in [0.25, 0.3) is 16.4 Å². The molecule has 78 valence electrons. The zero-order valence-electron chi connectivity index (χ0n) is 6.62. The molecule has 1 aromatic heterocycles. The first kappa shape index (κ1) is 11.3. The fourth-order valence-electron chi connectivity index (χ4n) is 0.805. The van der Waals surface area contributed by atoms with Crippen molar-refractivity contribution in [3.63, 3.8) is 0 Å². The third-order valence-electron chi connectivity index (χ3n) is 1.39. The number of nitrogens with zero attached hydrogens (tertiary/aromatic N) is 1. The van der Waals surface area contributed by atoms with Gasteiger partial charge in [-0.05, 0) is 6.07 Å². The van der Waals surface area contributed by atoms with Gasteiger partial charge in [0.2, 0.25) is 0 Å². The smallest absolute Gasteiger partial charge is 0.242 e. The molecule has 0 aliphatic carbocycles. The Morgan fingerprint density at radius 3 is 2.50 bits per heavy atom. The van der Waals surface area contributed by atoms with Crippen molar-refractivity contribution in [2.24, 2.45) is 5.14 Å². The number of hydrogen-bond donors (Lipinski definition) is 1. The van der Waals surface area contributed by atoms with Crippen molar-refractivity contribution in [2.45, 2.75) is 11.5 Å². The van der Waals surface area contributed by atoms with Gasteiger partial charge in [-0.25, -0.2) is 27.3 Å². The standard InChI is InChI=1S/C6H5ClF2N2O2S/c7-4-3(5(8)9)1-2-11-6(4)14(10,12)13/h1-2,5H,(H2,10,12,13). The number of halogens is 3. The summed E-state index contributed by atoms with van der Waals surface area (Å²) in [5, 5.41) is 3.33. The minimum atomic E-state index is -4.17. The number of rotatable bonds is 2. The van der Waals surface area contributed by atoms with Gasteiger partial charge in [-0.1, -0.05) is 11.6 Å². The number of aromatic nitrogens is 1. The molecule has 0 saturated carbocycles. The molecule has 0 aromatic carbocycles. The van der Waals surface area contributed by atoms with Crippen LogP contribution < -0.4 is 5.14 Å². The van der Waals surface area contributed by atoms with E-state index in [1.165, 1.54) is 0 Å². The van der Waals surface area contributed by atoms with Gasteiger partial charge in [0.05, 0.1) is 5.02 Å². The van der Waals surface area contributed by atoms with Crippen LogP contribution in [0.1, 0.15) is 12.0 Å². The monoisotopic (exact) mass is 242 g/mol. The normalized spacial score (nSPS) is 12.1. The Kier molecular flexibility index (Phi) is 3.03. The Balaban J connectivity index is 3.43. The van der Waals surface area contributed by atoms with Gasteiger partial charge in [-0.3, -0.25) is 0 Å². The third kappa shape index (κ3) is 2.17. The van der Waals surface area contributed by atoms with Gasteiger partial charge in [0, 0.05) is 11.8 Å². The van der Waals surface area contributed by atoms with Crippen LogP contribution in [0.2, 0.25) is 5.02 Å². The van der Waals surface area contributed by atoms with Crippen LogP contribution in [0, 0.1) is 0 Å². The number of hydrogen-bond acceptors (Lipinski definition) is 3. The summed E-state index contributed by atoms with van der Waals surface area (Å²) in [4.78, 5) is 3.31. The molecule has 1 rings (SSSR count). The molecule has 2 N–H and O–H groups in total. The summed E-state index contributed by atoms with van der Waals surface area (Å²) in [6, 6.07) is 0.932. The lowest BCUT2D eigenvalue weighted by Crippen LogP contribution is -2.15. The average molecular weight is 243 g/mol. The Labute approximate surface area is 83.8 Å². The molecule has 0 amide bonds. The van der Waals surface area contributed by atoms with Crippen molar-refractivity contribution in [2.75, 3.05) is 0 Å². The summed E-state index contributed by atoms with van der Waals surface area (Å²) >= 11 is 5.39. The van der Waals surface area contributed by atoms with Gasteiger partial charge in [-0.15, -0.1) is 0 Å². The van der Waals surface area contributed by atoms with Crippen LogP contribution in [0.4, 0.5) is 8.78 Å². The summed E-state index contributed by atoms with van der Waals surface area (Å²) in [5.41, 5.74) is -0.606. The van der Waals surface area contributed by atoms with Gasteiger partial charge < -0.3 is 0 Å². The molecule has 0 aliphatic heterocycles. The van der Waals surface area contributed by atoms with Crippen LogP contribution in [0.5, 0.6) is 0 Å². The third-order valence-corrected chi connectivity index (χ3v) is 2.75. The molecule has 0 atom stereocenters. The van der Waals surface area contributed by atoms with E-state index in [9.17, 15) is 17.2 Å². The summed E-state index contributed by atoms with van der Waals surface area (Å²) in [6.45, 7) is 0. The Bertz CT molecular complexity index is 449. The van der Waals surface area contributed by atoms with Gasteiger partial charge >= 0.3 is 0 Å². The second kappa shape index (κ2) is 3.76. The van der Waals surface area contributed by atoms with Gasteiger partial charge in [0.15, 0.2) is 5.03 Å². The molecule has 0 radical (unpaired) electrons. The van der Waals surface area contributed by atoms with Gasteiger partial charge in [-0.2, -0.15) is 0 Å². The highest BCUT2D eigenvalue weighted by Crippen LogP contribution is 2.29. The van der Waals surface area contributed by atoms with E-state index in [2.05, 4.69) is 4.98 Å². The Hall–Kier alpha value is -0.790. The minimum absolute atomic E-state index is 0.606. The molecule has 1 heterocycles. The fourth-order valence-corrected chi connectivity index (χ4v) is 1.90. The van der Waals surface area contributed by atoms with Crippen molar-refractivity contribution in [3.05, 3.63) is 22.8 Å². The highest BCUT2D eigenvalue weighted by atomic mass is 35.5. The maximum Gasteiger partial charge on any atom is 0.265 e. The molecular formula is C6H5ClF2N2O2S. The molecule has 0 fully saturated rings. The Morgan fingerprint density at radius 2 is 2.07 bits per heavy atom. The van der Waals surface area contributed by atoms with Crippen molar-refractivity contribution in [1.82, 2.24) is 4.98 Å². The number of primary sulfonamides is 1. The quantitative estimate of drug-likeness (QED) is 0.850. The zero-order valence-corrected chi connectivity index (χ0v) is 8.19. The van der Waals surface area contributed by atoms with E-state index < -0.39 is 32.1 Å². The van der Waals surface area contributed by atoms with Crippen molar-refractivity contribution in [1.29, 1.82) is 0 Å². The second-order valence-electron chi connectivity index (χ2n) is 2.37. The van der Waals surface area contributed by atoms with Crippen molar-refractivity contribution < 1.29 is 17.2 Å². The average Bonchev–Trinajstić information content (AvgIpc) is 2.01. The van der Waals surface area contributed by atoms with E-state index in [1.54, 1.807) is 0 Å². The van der Waals surface area contributed by atoms with Crippen LogP contribution in [0.15, 0.2) is 17.3 Å². The van der Waals surface area contributed by atoms with Crippen LogP contribution >= 0.6 is 11.6 Å².